The van der Waals surface area contributed by atoms with Crippen LogP contribution in [0.25, 0.3) is 0 Å². The van der Waals surface area contributed by atoms with Crippen molar-refractivity contribution in [1.29, 1.82) is 0 Å². The Balaban J connectivity index is 1.38. The van der Waals surface area contributed by atoms with E-state index < -0.39 is 0 Å². The van der Waals surface area contributed by atoms with Gasteiger partial charge in [0.1, 0.15) is 0 Å². The average molecular weight is 343 g/mol. The highest BCUT2D eigenvalue weighted by Gasteiger charge is 2.58. The van der Waals surface area contributed by atoms with E-state index >= 15 is 0 Å². The minimum atomic E-state index is 0.160. The van der Waals surface area contributed by atoms with Crippen molar-refractivity contribution >= 4 is 17.3 Å². The smallest absolute Gasteiger partial charge is 0.228 e. The quantitative estimate of drug-likeness (QED) is 0.883. The summed E-state index contributed by atoms with van der Waals surface area (Å²) in [6.07, 6.45) is 5.36. The maximum atomic E-state index is 12.7. The fourth-order valence-corrected chi connectivity index (χ4v) is 4.36. The summed E-state index contributed by atoms with van der Waals surface area (Å²) in [6.45, 7) is 3.85. The predicted octanol–water partition coefficient (Wildman–Crippen LogP) is 2.95. The summed E-state index contributed by atoms with van der Waals surface area (Å²) in [7, 11) is 2.17. The van der Waals surface area contributed by atoms with Crippen LogP contribution in [0.15, 0.2) is 24.3 Å². The number of likely N-dealkylation sites (tertiary alicyclic amines) is 1. The molecule has 2 aliphatic heterocycles. The third-order valence-corrected chi connectivity index (χ3v) is 6.26. The fourth-order valence-electron chi connectivity index (χ4n) is 4.36. The van der Waals surface area contributed by atoms with E-state index in [2.05, 4.69) is 28.6 Å². The number of anilines is 2. The molecule has 136 valence electrons. The highest BCUT2D eigenvalue weighted by Crippen LogP contribution is 2.59. The maximum absolute atomic E-state index is 12.7. The van der Waals surface area contributed by atoms with Gasteiger partial charge in [-0.05, 0) is 69.8 Å². The van der Waals surface area contributed by atoms with Crippen LogP contribution >= 0.6 is 0 Å². The van der Waals surface area contributed by atoms with E-state index in [1.54, 1.807) is 0 Å². The number of amides is 1. The number of carbonyl (C=O) groups is 1. The van der Waals surface area contributed by atoms with Crippen molar-refractivity contribution in [2.75, 3.05) is 44.0 Å². The number of para-hydroxylation sites is 2. The van der Waals surface area contributed by atoms with Crippen LogP contribution < -0.4 is 10.6 Å². The van der Waals surface area contributed by atoms with Crippen molar-refractivity contribution in [2.24, 2.45) is 11.3 Å². The first-order valence-electron chi connectivity index (χ1n) is 9.59. The monoisotopic (exact) mass is 343 g/mol. The van der Waals surface area contributed by atoms with Gasteiger partial charge in [0.05, 0.1) is 11.4 Å². The Morgan fingerprint density at radius 2 is 1.84 bits per heavy atom. The molecular formula is C20H29N3O2. The van der Waals surface area contributed by atoms with Crippen LogP contribution in [0.3, 0.4) is 0 Å². The van der Waals surface area contributed by atoms with Gasteiger partial charge in [-0.3, -0.25) is 4.79 Å². The van der Waals surface area contributed by atoms with Gasteiger partial charge in [-0.15, -0.1) is 0 Å². The molecule has 1 atom stereocenters. The number of rotatable bonds is 4. The third-order valence-electron chi connectivity index (χ3n) is 6.26. The number of piperidine rings is 1. The lowest BCUT2D eigenvalue weighted by molar-refractivity contribution is -0.118. The van der Waals surface area contributed by atoms with Crippen molar-refractivity contribution in [2.45, 2.75) is 38.1 Å². The Morgan fingerprint density at radius 1 is 1.16 bits per heavy atom. The summed E-state index contributed by atoms with van der Waals surface area (Å²) in [5, 5.41) is 6.83. The summed E-state index contributed by atoms with van der Waals surface area (Å²) < 4.78 is 5.46. The Hall–Kier alpha value is -1.59. The zero-order valence-corrected chi connectivity index (χ0v) is 15.1. The molecule has 2 saturated heterocycles. The fraction of sp³-hybridized carbons (Fsp3) is 0.650. The van der Waals surface area contributed by atoms with Crippen molar-refractivity contribution < 1.29 is 9.53 Å². The topological polar surface area (TPSA) is 53.6 Å². The van der Waals surface area contributed by atoms with Gasteiger partial charge < -0.3 is 20.3 Å². The third kappa shape index (κ3) is 3.67. The molecule has 0 radical (unpaired) electrons. The molecule has 4 rings (SSSR count). The SMILES string of the molecule is CN1CCC(Nc2ccccc2NC(=O)C2CC23CCOCC3)CC1. The number of nitrogens with one attached hydrogen (secondary N) is 2. The minimum Gasteiger partial charge on any atom is -0.381 e. The molecule has 1 spiro atoms. The highest BCUT2D eigenvalue weighted by molar-refractivity contribution is 5.97. The first kappa shape index (κ1) is 16.9. The molecule has 3 fully saturated rings. The molecule has 2 heterocycles. The Kier molecular flexibility index (Phi) is 4.69. The maximum Gasteiger partial charge on any atom is 0.228 e. The van der Waals surface area contributed by atoms with Crippen LogP contribution in [0.1, 0.15) is 32.1 Å². The summed E-state index contributed by atoms with van der Waals surface area (Å²) >= 11 is 0. The lowest BCUT2D eigenvalue weighted by atomic mass is 9.93. The zero-order valence-electron chi connectivity index (χ0n) is 15.1. The number of carbonyl (C=O) groups excluding carboxylic acids is 1. The molecule has 25 heavy (non-hydrogen) atoms. The molecule has 3 aliphatic rings. The van der Waals surface area contributed by atoms with Gasteiger partial charge in [0, 0.05) is 25.2 Å². The molecule has 5 heteroatoms. The van der Waals surface area contributed by atoms with Crippen LogP contribution in [0.2, 0.25) is 0 Å². The Morgan fingerprint density at radius 3 is 2.56 bits per heavy atom. The second kappa shape index (κ2) is 6.96. The van der Waals surface area contributed by atoms with E-state index in [-0.39, 0.29) is 17.2 Å². The molecule has 5 nitrogen and oxygen atoms in total. The molecule has 0 bridgehead atoms. The molecule has 0 aromatic heterocycles. The molecule has 1 aromatic rings. The molecule has 1 aliphatic carbocycles. The van der Waals surface area contributed by atoms with Gasteiger partial charge in [-0.2, -0.15) is 0 Å². The average Bonchev–Trinajstić information content (AvgIpc) is 3.32. The lowest BCUT2D eigenvalue weighted by Crippen LogP contribution is -2.36. The van der Waals surface area contributed by atoms with Gasteiger partial charge in [-0.1, -0.05) is 12.1 Å². The molecule has 1 unspecified atom stereocenters. The number of nitrogens with zero attached hydrogens (tertiary/aromatic N) is 1. The second-order valence-electron chi connectivity index (χ2n) is 7.99. The number of benzene rings is 1. The number of ether oxygens (including phenoxy) is 1. The van der Waals surface area contributed by atoms with Gasteiger partial charge in [0.15, 0.2) is 0 Å². The second-order valence-corrected chi connectivity index (χ2v) is 7.99. The van der Waals surface area contributed by atoms with E-state index in [4.69, 9.17) is 4.74 Å². The van der Waals surface area contributed by atoms with Crippen molar-refractivity contribution in [3.63, 3.8) is 0 Å². The van der Waals surface area contributed by atoms with E-state index in [1.165, 1.54) is 0 Å². The summed E-state index contributed by atoms with van der Waals surface area (Å²) in [6, 6.07) is 8.59. The van der Waals surface area contributed by atoms with Crippen LogP contribution in [0, 0.1) is 11.3 Å². The normalized spacial score (nSPS) is 26.4. The highest BCUT2D eigenvalue weighted by atomic mass is 16.5. The van der Waals surface area contributed by atoms with E-state index in [9.17, 15) is 4.79 Å². The first-order chi connectivity index (χ1) is 12.2. The van der Waals surface area contributed by atoms with Crippen molar-refractivity contribution in [3.8, 4) is 0 Å². The van der Waals surface area contributed by atoms with E-state index in [1.807, 2.05) is 18.2 Å². The Bertz CT molecular complexity index is 619. The van der Waals surface area contributed by atoms with Crippen LogP contribution in [0.5, 0.6) is 0 Å². The van der Waals surface area contributed by atoms with Crippen molar-refractivity contribution in [1.82, 2.24) is 4.90 Å². The first-order valence-corrected chi connectivity index (χ1v) is 9.59. The number of hydrogen-bond acceptors (Lipinski definition) is 4. The molecule has 2 N–H and O–H groups in total. The van der Waals surface area contributed by atoms with Crippen LogP contribution in [-0.4, -0.2) is 50.2 Å². The van der Waals surface area contributed by atoms with Gasteiger partial charge in [0.25, 0.3) is 0 Å². The minimum absolute atomic E-state index is 0.160. The van der Waals surface area contributed by atoms with Gasteiger partial charge >= 0.3 is 0 Å². The largest absolute Gasteiger partial charge is 0.381 e. The molecule has 1 aromatic carbocycles. The van der Waals surface area contributed by atoms with Gasteiger partial charge in [-0.25, -0.2) is 0 Å². The summed E-state index contributed by atoms with van der Waals surface area (Å²) in [5.74, 6) is 0.340. The van der Waals surface area contributed by atoms with E-state index in [0.29, 0.717) is 6.04 Å². The van der Waals surface area contributed by atoms with E-state index in [0.717, 1.165) is 69.8 Å². The summed E-state index contributed by atoms with van der Waals surface area (Å²) in [5.41, 5.74) is 2.19. The lowest BCUT2D eigenvalue weighted by Gasteiger charge is -2.30. The molecule has 1 amide bonds. The zero-order chi connectivity index (χ0) is 17.3. The number of hydrogen-bond donors (Lipinski definition) is 2. The van der Waals surface area contributed by atoms with Gasteiger partial charge in [0.2, 0.25) is 5.91 Å². The Labute approximate surface area is 150 Å². The summed E-state index contributed by atoms with van der Waals surface area (Å²) in [4.78, 5) is 15.1. The van der Waals surface area contributed by atoms with Crippen LogP contribution in [0.4, 0.5) is 11.4 Å². The molecule has 1 saturated carbocycles. The predicted molar refractivity (Wildman–Crippen MR) is 99.8 cm³/mol. The van der Waals surface area contributed by atoms with Crippen LogP contribution in [-0.2, 0) is 9.53 Å². The molecular weight excluding hydrogens is 314 g/mol. The van der Waals surface area contributed by atoms with Crippen molar-refractivity contribution in [3.05, 3.63) is 24.3 Å². The standard InChI is InChI=1S/C20H29N3O2/c1-23-10-6-15(7-11-23)21-17-4-2-3-5-18(17)22-19(24)16-14-20(16)8-12-25-13-9-20/h2-5,15-16,21H,6-14H2,1H3,(H,22,24).